The minimum atomic E-state index is -0.752. The summed E-state index contributed by atoms with van der Waals surface area (Å²) in [5, 5.41) is 11.5. The molecule has 0 unspecified atom stereocenters. The van der Waals surface area contributed by atoms with Crippen LogP contribution in [0.5, 0.6) is 17.2 Å². The van der Waals surface area contributed by atoms with E-state index in [0.717, 1.165) is 50.6 Å². The number of benzene rings is 2. The maximum atomic E-state index is 13.4. The number of Topliss-reactive ketones (excluding diaryl/α,β-unsaturated/α-hetero) is 1. The fraction of sp³-hybridized carbons (Fsp3) is 0.448. The number of quaternary nitrogens is 1. The van der Waals surface area contributed by atoms with Gasteiger partial charge in [0.05, 0.1) is 45.6 Å². The fourth-order valence-corrected chi connectivity index (χ4v) is 5.61. The van der Waals surface area contributed by atoms with E-state index in [9.17, 15) is 14.7 Å². The predicted octanol–water partition coefficient (Wildman–Crippen LogP) is 1.75. The van der Waals surface area contributed by atoms with Crippen LogP contribution < -0.4 is 19.1 Å². The van der Waals surface area contributed by atoms with Gasteiger partial charge in [-0.15, -0.1) is 0 Å². The maximum absolute atomic E-state index is 13.4. The Morgan fingerprint density at radius 2 is 1.84 bits per heavy atom. The van der Waals surface area contributed by atoms with Crippen molar-refractivity contribution in [2.45, 2.75) is 31.9 Å². The van der Waals surface area contributed by atoms with Crippen LogP contribution in [-0.4, -0.2) is 81.4 Å². The molecule has 3 aliphatic rings. The average Bonchev–Trinajstić information content (AvgIpc) is 3.43. The number of nitrogens with one attached hydrogen (secondary N) is 1. The number of hydrogen-bond donors (Lipinski definition) is 2. The minimum Gasteiger partial charge on any atom is -0.507 e. The first-order valence-electron chi connectivity index (χ1n) is 13.1. The van der Waals surface area contributed by atoms with Gasteiger partial charge in [-0.2, -0.15) is 0 Å². The van der Waals surface area contributed by atoms with Crippen molar-refractivity contribution >= 4 is 17.4 Å². The first-order valence-corrected chi connectivity index (χ1v) is 13.1. The molecule has 0 spiro atoms. The molecule has 3 aliphatic heterocycles. The Morgan fingerprint density at radius 1 is 1.08 bits per heavy atom. The highest BCUT2D eigenvalue weighted by molar-refractivity contribution is 6.46. The molecule has 9 heteroatoms. The van der Waals surface area contributed by atoms with Gasteiger partial charge in [-0.1, -0.05) is 6.07 Å². The van der Waals surface area contributed by atoms with Crippen LogP contribution in [0.3, 0.4) is 0 Å². The number of likely N-dealkylation sites (tertiary alicyclic amines) is 1. The molecule has 9 nitrogen and oxygen atoms in total. The number of nitrogens with zero attached hydrogens (tertiary/aromatic N) is 1. The van der Waals surface area contributed by atoms with Gasteiger partial charge >= 0.3 is 0 Å². The molecule has 3 heterocycles. The molecule has 0 aromatic heterocycles. The van der Waals surface area contributed by atoms with E-state index in [0.29, 0.717) is 35.6 Å². The van der Waals surface area contributed by atoms with Crippen molar-refractivity contribution in [3.05, 3.63) is 58.7 Å². The first kappa shape index (κ1) is 26.1. The van der Waals surface area contributed by atoms with Crippen LogP contribution in [0.2, 0.25) is 0 Å². The summed E-state index contributed by atoms with van der Waals surface area (Å²) in [4.78, 5) is 29.8. The zero-order chi connectivity index (χ0) is 26.8. The number of carbonyl (C=O) groups is 2. The summed E-state index contributed by atoms with van der Waals surface area (Å²) in [6.45, 7) is 6.57. The zero-order valence-corrected chi connectivity index (χ0v) is 22.1. The lowest BCUT2D eigenvalue weighted by molar-refractivity contribution is -0.908. The summed E-state index contributed by atoms with van der Waals surface area (Å²) in [7, 11) is 3.09. The number of hydrogen-bond acceptors (Lipinski definition) is 7. The Kier molecular flexibility index (Phi) is 7.58. The molecule has 2 aromatic rings. The van der Waals surface area contributed by atoms with E-state index < -0.39 is 17.7 Å². The van der Waals surface area contributed by atoms with E-state index in [1.165, 1.54) is 12.0 Å². The topological polar surface area (TPSA) is 99.0 Å². The van der Waals surface area contributed by atoms with E-state index in [4.69, 9.17) is 18.9 Å². The predicted molar refractivity (Wildman–Crippen MR) is 140 cm³/mol. The Balaban J connectivity index is 1.52. The first-order chi connectivity index (χ1) is 18.4. The van der Waals surface area contributed by atoms with Crippen LogP contribution in [0.15, 0.2) is 42.0 Å². The Morgan fingerprint density at radius 3 is 2.58 bits per heavy atom. The molecule has 2 fully saturated rings. The molecule has 5 rings (SSSR count). The lowest BCUT2D eigenvalue weighted by Crippen LogP contribution is -3.14. The number of fused-ring (bicyclic) bond motifs is 1. The van der Waals surface area contributed by atoms with Gasteiger partial charge in [0.25, 0.3) is 11.7 Å². The smallest absolute Gasteiger partial charge is 0.295 e. The van der Waals surface area contributed by atoms with Crippen LogP contribution in [-0.2, 0) is 20.7 Å². The van der Waals surface area contributed by atoms with Crippen molar-refractivity contribution < 1.29 is 38.5 Å². The van der Waals surface area contributed by atoms with Crippen LogP contribution in [0.4, 0.5) is 0 Å². The molecule has 0 radical (unpaired) electrons. The van der Waals surface area contributed by atoms with E-state index >= 15 is 0 Å². The van der Waals surface area contributed by atoms with Crippen molar-refractivity contribution in [2.75, 3.05) is 53.6 Å². The maximum Gasteiger partial charge on any atom is 0.295 e. The Hall–Kier alpha value is -3.56. The lowest BCUT2D eigenvalue weighted by atomic mass is 9.94. The molecule has 2 aromatic carbocycles. The molecule has 2 atom stereocenters. The summed E-state index contributed by atoms with van der Waals surface area (Å²) < 4.78 is 22.1. The van der Waals surface area contributed by atoms with Crippen LogP contribution in [0.1, 0.15) is 36.1 Å². The van der Waals surface area contributed by atoms with Crippen LogP contribution in [0.25, 0.3) is 5.76 Å². The highest BCUT2D eigenvalue weighted by Gasteiger charge is 2.46. The number of morpholine rings is 1. The monoisotopic (exact) mass is 523 g/mol. The fourth-order valence-electron chi connectivity index (χ4n) is 5.61. The van der Waals surface area contributed by atoms with E-state index in [1.54, 1.807) is 36.3 Å². The number of carbonyl (C=O) groups excluding carboxylic acids is 2. The Labute approximate surface area is 222 Å². The van der Waals surface area contributed by atoms with Crippen LogP contribution in [0, 0.1) is 0 Å². The second kappa shape index (κ2) is 11.0. The number of aliphatic hydroxyl groups excluding tert-OH is 1. The van der Waals surface area contributed by atoms with E-state index in [-0.39, 0.29) is 17.4 Å². The molecule has 0 saturated carbocycles. The highest BCUT2D eigenvalue weighted by atomic mass is 16.5. The van der Waals surface area contributed by atoms with Gasteiger partial charge in [0.1, 0.15) is 30.7 Å². The number of ketones is 1. The third kappa shape index (κ3) is 4.96. The standard InChI is InChI=1S/C29H34N2O7/c1-18-15-21-16-20(6-7-22(21)38-18)27(32)25-26(19-5-8-23(35-2)24(17-19)36-3)31(29(34)28(25)33)10-4-9-30-11-13-37-14-12-30/h5-8,16-18,26,32H,4,9-15H2,1-3H3/p+1/t18-,26-/m0/s1. The van der Waals surface area contributed by atoms with Gasteiger partial charge < -0.3 is 33.9 Å². The zero-order valence-electron chi connectivity index (χ0n) is 22.1. The minimum absolute atomic E-state index is 0.0494. The SMILES string of the molecule is COc1ccc([C@H]2C(=C(O)c3ccc4c(c3)C[C@H](C)O4)C(=O)C(=O)N2CCC[NH+]2CCOCC2)cc1OC. The lowest BCUT2D eigenvalue weighted by Gasteiger charge is -2.28. The molecule has 2 N–H and O–H groups in total. The highest BCUT2D eigenvalue weighted by Crippen LogP contribution is 2.42. The molecule has 1 amide bonds. The second-order valence-corrected chi connectivity index (χ2v) is 10.0. The summed E-state index contributed by atoms with van der Waals surface area (Å²) in [6, 6.07) is 9.95. The van der Waals surface area contributed by atoms with Gasteiger partial charge in [-0.05, 0) is 48.4 Å². The summed E-state index contributed by atoms with van der Waals surface area (Å²) in [6.07, 6.45) is 1.49. The van der Waals surface area contributed by atoms with Gasteiger partial charge in [-0.3, -0.25) is 9.59 Å². The second-order valence-electron chi connectivity index (χ2n) is 10.0. The number of amides is 1. The van der Waals surface area contributed by atoms with Gasteiger partial charge in [0, 0.05) is 24.9 Å². The van der Waals surface area contributed by atoms with Gasteiger partial charge in [0.15, 0.2) is 11.5 Å². The van der Waals surface area contributed by atoms with Gasteiger partial charge in [-0.25, -0.2) is 0 Å². The van der Waals surface area contributed by atoms with Crippen molar-refractivity contribution in [3.8, 4) is 17.2 Å². The third-order valence-corrected chi connectivity index (χ3v) is 7.56. The molecule has 2 saturated heterocycles. The van der Waals surface area contributed by atoms with Crippen molar-refractivity contribution in [2.24, 2.45) is 0 Å². The van der Waals surface area contributed by atoms with E-state index in [1.807, 2.05) is 19.1 Å². The number of aliphatic hydroxyl groups is 1. The third-order valence-electron chi connectivity index (χ3n) is 7.56. The van der Waals surface area contributed by atoms with E-state index in [2.05, 4.69) is 0 Å². The number of rotatable bonds is 8. The van der Waals surface area contributed by atoms with Crippen molar-refractivity contribution in [3.63, 3.8) is 0 Å². The normalized spacial score (nSPS) is 22.9. The molecule has 38 heavy (non-hydrogen) atoms. The molecule has 202 valence electrons. The number of methoxy groups -OCH3 is 2. The van der Waals surface area contributed by atoms with Gasteiger partial charge in [0.2, 0.25) is 0 Å². The molecular weight excluding hydrogens is 488 g/mol. The largest absolute Gasteiger partial charge is 0.507 e. The van der Waals surface area contributed by atoms with Crippen molar-refractivity contribution in [1.29, 1.82) is 0 Å². The quantitative estimate of drug-likeness (QED) is 0.309. The molecule has 0 aliphatic carbocycles. The average molecular weight is 524 g/mol. The molecule has 0 bridgehead atoms. The number of ether oxygens (including phenoxy) is 4. The Bertz CT molecular complexity index is 1250. The van der Waals surface area contributed by atoms with Crippen molar-refractivity contribution in [1.82, 2.24) is 4.90 Å². The van der Waals surface area contributed by atoms with Crippen LogP contribution >= 0.6 is 0 Å². The summed E-state index contributed by atoms with van der Waals surface area (Å²) in [5.74, 6) is 0.310. The summed E-state index contributed by atoms with van der Waals surface area (Å²) in [5.41, 5.74) is 2.20. The summed E-state index contributed by atoms with van der Waals surface area (Å²) >= 11 is 0. The molecular formula is C29H35N2O7+.